The number of rotatable bonds is 9. The van der Waals surface area contributed by atoms with Gasteiger partial charge in [0.05, 0.1) is 5.69 Å². The van der Waals surface area contributed by atoms with E-state index < -0.39 is 0 Å². The van der Waals surface area contributed by atoms with Crippen molar-refractivity contribution in [3.8, 4) is 11.3 Å². The van der Waals surface area contributed by atoms with Crippen molar-refractivity contribution in [3.63, 3.8) is 0 Å². The molecule has 0 atom stereocenters. The molecule has 0 spiro atoms. The summed E-state index contributed by atoms with van der Waals surface area (Å²) in [5.41, 5.74) is 5.31. The predicted molar refractivity (Wildman–Crippen MR) is 160 cm³/mol. The first-order valence-corrected chi connectivity index (χ1v) is 12.7. The number of anilines is 4. The zero-order chi connectivity index (χ0) is 27.9. The first-order valence-electron chi connectivity index (χ1n) is 12.7. The number of aromatic amines is 1. The first-order chi connectivity index (χ1) is 19.4. The third kappa shape index (κ3) is 6.58. The van der Waals surface area contributed by atoms with E-state index in [1.807, 2.05) is 73.7 Å². The molecule has 0 saturated carbocycles. The van der Waals surface area contributed by atoms with Gasteiger partial charge in [0, 0.05) is 64.0 Å². The monoisotopic (exact) mass is 531 g/mol. The molecule has 0 saturated heterocycles. The Kier molecular flexibility index (Phi) is 7.94. The number of fused-ring (bicyclic) bond motifs is 1. The lowest BCUT2D eigenvalue weighted by molar-refractivity contribution is -0.111. The second kappa shape index (κ2) is 12.1. The van der Waals surface area contributed by atoms with Crippen LogP contribution in [-0.2, 0) is 4.79 Å². The topological polar surface area (TPSA) is 115 Å². The highest BCUT2D eigenvalue weighted by Crippen LogP contribution is 2.28. The van der Waals surface area contributed by atoms with Crippen molar-refractivity contribution in [2.24, 2.45) is 0 Å². The maximum atomic E-state index is 12.8. The molecule has 0 aliphatic carbocycles. The van der Waals surface area contributed by atoms with Crippen molar-refractivity contribution in [2.75, 3.05) is 36.6 Å². The van der Waals surface area contributed by atoms with E-state index >= 15 is 0 Å². The number of H-pyrrole nitrogens is 1. The molecule has 0 bridgehead atoms. The van der Waals surface area contributed by atoms with Gasteiger partial charge in [-0.1, -0.05) is 30.3 Å². The highest BCUT2D eigenvalue weighted by molar-refractivity contribution is 6.05. The van der Waals surface area contributed by atoms with Crippen LogP contribution in [0.5, 0.6) is 0 Å². The molecule has 200 valence electrons. The lowest BCUT2D eigenvalue weighted by atomic mass is 10.1. The summed E-state index contributed by atoms with van der Waals surface area (Å²) in [6.45, 7) is 0.675. The van der Waals surface area contributed by atoms with Gasteiger partial charge in [-0.2, -0.15) is 0 Å². The number of nitrogens with one attached hydrogen (secondary N) is 4. The number of hydrogen-bond acceptors (Lipinski definition) is 6. The maximum Gasteiger partial charge on any atom is 0.255 e. The third-order valence-corrected chi connectivity index (χ3v) is 6.08. The molecule has 0 aliphatic rings. The number of carbonyl (C=O) groups is 2. The fourth-order valence-electron chi connectivity index (χ4n) is 4.14. The summed E-state index contributed by atoms with van der Waals surface area (Å²) >= 11 is 0. The largest absolute Gasteiger partial charge is 0.360 e. The maximum absolute atomic E-state index is 12.8. The van der Waals surface area contributed by atoms with Crippen LogP contribution in [0.25, 0.3) is 22.2 Å². The molecule has 4 N–H and O–H groups in total. The van der Waals surface area contributed by atoms with Crippen molar-refractivity contribution in [1.82, 2.24) is 19.9 Å². The first kappa shape index (κ1) is 26.3. The van der Waals surface area contributed by atoms with Gasteiger partial charge in [-0.05, 0) is 62.6 Å². The van der Waals surface area contributed by atoms with Gasteiger partial charge in [-0.25, -0.2) is 9.97 Å². The van der Waals surface area contributed by atoms with E-state index in [1.165, 1.54) is 12.4 Å². The van der Waals surface area contributed by atoms with Crippen LogP contribution >= 0.6 is 0 Å². The highest BCUT2D eigenvalue weighted by atomic mass is 16.2. The molecular formula is C31H29N7O2. The molecule has 0 unspecified atom stereocenters. The van der Waals surface area contributed by atoms with Crippen molar-refractivity contribution in [2.45, 2.75) is 0 Å². The number of benzene rings is 3. The minimum Gasteiger partial charge on any atom is -0.360 e. The van der Waals surface area contributed by atoms with Crippen LogP contribution in [0.15, 0.2) is 104 Å². The van der Waals surface area contributed by atoms with Crippen LogP contribution in [0.2, 0.25) is 0 Å². The summed E-state index contributed by atoms with van der Waals surface area (Å²) in [4.78, 5) is 38.9. The number of likely N-dealkylation sites (N-methyl/N-ethyl adjacent to an activating group) is 1. The molecule has 9 heteroatoms. The van der Waals surface area contributed by atoms with Crippen LogP contribution in [0, 0.1) is 0 Å². The summed E-state index contributed by atoms with van der Waals surface area (Å²) in [5, 5.41) is 10.1. The molecule has 3 aromatic carbocycles. The number of hydrogen-bond donors (Lipinski definition) is 4. The minimum absolute atomic E-state index is 0.222. The summed E-state index contributed by atoms with van der Waals surface area (Å²) < 4.78 is 0. The molecule has 5 rings (SSSR count). The van der Waals surface area contributed by atoms with Gasteiger partial charge in [0.2, 0.25) is 5.91 Å². The Morgan fingerprint density at radius 1 is 0.875 bits per heavy atom. The Morgan fingerprint density at radius 3 is 2.50 bits per heavy atom. The molecule has 40 heavy (non-hydrogen) atoms. The molecule has 2 aromatic heterocycles. The number of amides is 2. The van der Waals surface area contributed by atoms with Crippen molar-refractivity contribution in [1.29, 1.82) is 0 Å². The van der Waals surface area contributed by atoms with E-state index in [0.29, 0.717) is 29.3 Å². The summed E-state index contributed by atoms with van der Waals surface area (Å²) in [7, 11) is 3.86. The van der Waals surface area contributed by atoms with Crippen LogP contribution in [0.3, 0.4) is 0 Å². The van der Waals surface area contributed by atoms with E-state index in [2.05, 4.69) is 37.0 Å². The van der Waals surface area contributed by atoms with Crippen LogP contribution in [0.4, 0.5) is 22.9 Å². The molecule has 0 aliphatic heterocycles. The Balaban J connectivity index is 1.22. The smallest absolute Gasteiger partial charge is 0.255 e. The number of nitrogens with zero attached hydrogens (tertiary/aromatic N) is 3. The highest BCUT2D eigenvalue weighted by Gasteiger charge is 2.10. The zero-order valence-electron chi connectivity index (χ0n) is 22.2. The van der Waals surface area contributed by atoms with Crippen molar-refractivity contribution >= 4 is 45.6 Å². The van der Waals surface area contributed by atoms with E-state index in [0.717, 1.165) is 27.8 Å². The Morgan fingerprint density at radius 2 is 1.68 bits per heavy atom. The molecule has 9 nitrogen and oxygen atoms in total. The lowest BCUT2D eigenvalue weighted by Gasteiger charge is -2.10. The van der Waals surface area contributed by atoms with Crippen molar-refractivity contribution in [3.05, 3.63) is 109 Å². The standard InChI is InChI=1S/C31H29N7O2/c1-38(2)16-6-11-30(39)36-22-14-12-21(13-15-22)31(40)37-24-8-5-7-23(17-24)35-29-18-28(33-20-34-29)26-19-32-27-10-4-3-9-25(26)27/h3-15,17-20,32H,16H2,1-2H3,(H,36,39)(H,37,40)(H,33,34,35). The molecule has 2 heterocycles. The number of aromatic nitrogens is 3. The SMILES string of the molecule is CN(C)CC=CC(=O)Nc1ccc(C(=O)Nc2cccc(Nc3cc(-c4c[nH]c5ccccc45)ncn3)c2)cc1. The molecule has 0 fully saturated rings. The van der Waals surface area contributed by atoms with Crippen LogP contribution in [-0.4, -0.2) is 52.3 Å². The van der Waals surface area contributed by atoms with Gasteiger partial charge in [0.1, 0.15) is 12.1 Å². The Bertz CT molecular complexity index is 1670. The van der Waals surface area contributed by atoms with Gasteiger partial charge >= 0.3 is 0 Å². The van der Waals surface area contributed by atoms with Crippen molar-refractivity contribution < 1.29 is 9.59 Å². The van der Waals surface area contributed by atoms with E-state index in [4.69, 9.17) is 0 Å². The number of carbonyl (C=O) groups excluding carboxylic acids is 2. The van der Waals surface area contributed by atoms with Gasteiger partial charge in [-0.3, -0.25) is 9.59 Å². The van der Waals surface area contributed by atoms with Crippen LogP contribution in [0.1, 0.15) is 10.4 Å². The minimum atomic E-state index is -0.260. The molecule has 0 radical (unpaired) electrons. The Hall–Kier alpha value is -5.28. The van der Waals surface area contributed by atoms with Gasteiger partial charge in [0.15, 0.2) is 0 Å². The average Bonchev–Trinajstić information content (AvgIpc) is 3.38. The second-order valence-electron chi connectivity index (χ2n) is 9.43. The van der Waals surface area contributed by atoms with E-state index in [-0.39, 0.29) is 11.8 Å². The fraction of sp³-hybridized carbons (Fsp3) is 0.0968. The Labute approximate surface area is 232 Å². The normalized spacial score (nSPS) is 11.2. The lowest BCUT2D eigenvalue weighted by Crippen LogP contribution is -2.13. The van der Waals surface area contributed by atoms with E-state index in [9.17, 15) is 9.59 Å². The zero-order valence-corrected chi connectivity index (χ0v) is 22.2. The predicted octanol–water partition coefficient (Wildman–Crippen LogP) is 5.68. The molecule has 5 aromatic rings. The summed E-state index contributed by atoms with van der Waals surface area (Å²) in [6.07, 6.45) is 6.74. The van der Waals surface area contributed by atoms with E-state index in [1.54, 1.807) is 30.3 Å². The van der Waals surface area contributed by atoms with Gasteiger partial charge in [-0.15, -0.1) is 0 Å². The summed E-state index contributed by atoms with van der Waals surface area (Å²) in [5.74, 6) is 0.151. The summed E-state index contributed by atoms with van der Waals surface area (Å²) in [6, 6.07) is 24.1. The van der Waals surface area contributed by atoms with Gasteiger partial charge in [0.25, 0.3) is 5.91 Å². The number of para-hydroxylation sites is 1. The molecular weight excluding hydrogens is 502 g/mol. The fourth-order valence-corrected chi connectivity index (χ4v) is 4.14. The molecule has 2 amide bonds. The third-order valence-electron chi connectivity index (χ3n) is 6.08. The van der Waals surface area contributed by atoms with Gasteiger partial charge < -0.3 is 25.8 Å². The average molecular weight is 532 g/mol. The second-order valence-corrected chi connectivity index (χ2v) is 9.43. The quantitative estimate of drug-likeness (QED) is 0.182. The van der Waals surface area contributed by atoms with Crippen LogP contribution < -0.4 is 16.0 Å².